The van der Waals surface area contributed by atoms with Crippen molar-refractivity contribution in [2.75, 3.05) is 13.2 Å². The Morgan fingerprint density at radius 1 is 1.08 bits per heavy atom. The van der Waals surface area contributed by atoms with Gasteiger partial charge in [0.25, 0.3) is 5.91 Å². The number of carbonyl (C=O) groups excluding carboxylic acids is 2. The molecule has 0 bridgehead atoms. The molecule has 0 spiro atoms. The van der Waals surface area contributed by atoms with Crippen molar-refractivity contribution in [2.24, 2.45) is 0 Å². The maximum absolute atomic E-state index is 12.3. The predicted octanol–water partition coefficient (Wildman–Crippen LogP) is 3.49. The lowest BCUT2D eigenvalue weighted by atomic mass is 10.0. The molecule has 0 aliphatic carbocycles. The second-order valence-electron chi connectivity index (χ2n) is 6.10. The van der Waals surface area contributed by atoms with Gasteiger partial charge in [-0.15, -0.1) is 0 Å². The Balaban J connectivity index is 2.01. The number of ether oxygens (including phenoxy) is 2. The molecule has 0 saturated carbocycles. The fourth-order valence-corrected chi connectivity index (χ4v) is 2.57. The first-order valence-corrected chi connectivity index (χ1v) is 8.69. The Bertz CT molecular complexity index is 743. The standard InChI is InChI=1S/C21H25NO4/c1-4-25-21(24)13-18(17-8-6-5-7-9-17)22-20(23)14-26-19-12-15(2)10-11-16(19)3/h5-12,18H,4,13-14H2,1-3H3,(H,22,23). The molecular formula is C21H25NO4. The summed E-state index contributed by atoms with van der Waals surface area (Å²) >= 11 is 0. The van der Waals surface area contributed by atoms with E-state index in [1.54, 1.807) is 6.92 Å². The quantitative estimate of drug-likeness (QED) is 0.736. The van der Waals surface area contributed by atoms with Gasteiger partial charge in [0.1, 0.15) is 5.75 Å². The molecule has 26 heavy (non-hydrogen) atoms. The first-order chi connectivity index (χ1) is 12.5. The first kappa shape index (κ1) is 19.5. The van der Waals surface area contributed by atoms with E-state index in [1.165, 1.54) is 0 Å². The van der Waals surface area contributed by atoms with E-state index < -0.39 is 6.04 Å². The Morgan fingerprint density at radius 2 is 1.81 bits per heavy atom. The molecule has 2 aromatic rings. The number of esters is 1. The van der Waals surface area contributed by atoms with Crippen molar-refractivity contribution in [3.8, 4) is 5.75 Å². The van der Waals surface area contributed by atoms with Crippen molar-refractivity contribution >= 4 is 11.9 Å². The van der Waals surface area contributed by atoms with Crippen LogP contribution in [0.3, 0.4) is 0 Å². The van der Waals surface area contributed by atoms with Gasteiger partial charge in [-0.1, -0.05) is 42.5 Å². The van der Waals surface area contributed by atoms with Gasteiger partial charge in [-0.2, -0.15) is 0 Å². The Hall–Kier alpha value is -2.82. The van der Waals surface area contributed by atoms with Gasteiger partial charge in [0.15, 0.2) is 6.61 Å². The molecule has 138 valence electrons. The highest BCUT2D eigenvalue weighted by molar-refractivity contribution is 5.79. The van der Waals surface area contributed by atoms with Gasteiger partial charge in [-0.25, -0.2) is 0 Å². The lowest BCUT2D eigenvalue weighted by Gasteiger charge is -2.19. The third kappa shape index (κ3) is 5.92. The second kappa shape index (κ2) is 9.61. The maximum Gasteiger partial charge on any atom is 0.308 e. The molecule has 1 atom stereocenters. The van der Waals surface area contributed by atoms with E-state index in [-0.39, 0.29) is 24.9 Å². The van der Waals surface area contributed by atoms with E-state index in [9.17, 15) is 9.59 Å². The monoisotopic (exact) mass is 355 g/mol. The molecule has 0 aliphatic heterocycles. The van der Waals surface area contributed by atoms with E-state index in [4.69, 9.17) is 9.47 Å². The molecule has 1 unspecified atom stereocenters. The summed E-state index contributed by atoms with van der Waals surface area (Å²) in [7, 11) is 0. The lowest BCUT2D eigenvalue weighted by Crippen LogP contribution is -2.34. The van der Waals surface area contributed by atoms with Crippen molar-refractivity contribution in [1.29, 1.82) is 0 Å². The van der Waals surface area contributed by atoms with E-state index in [0.29, 0.717) is 12.4 Å². The molecule has 2 aromatic carbocycles. The van der Waals surface area contributed by atoms with E-state index >= 15 is 0 Å². The Labute approximate surface area is 154 Å². The van der Waals surface area contributed by atoms with E-state index in [2.05, 4.69) is 5.32 Å². The average molecular weight is 355 g/mol. The molecule has 1 amide bonds. The number of amides is 1. The van der Waals surface area contributed by atoms with Crippen LogP contribution in [0.1, 0.15) is 36.1 Å². The lowest BCUT2D eigenvalue weighted by molar-refractivity contribution is -0.143. The van der Waals surface area contributed by atoms with Crippen LogP contribution in [-0.4, -0.2) is 25.1 Å². The van der Waals surface area contributed by atoms with Crippen molar-refractivity contribution in [3.05, 3.63) is 65.2 Å². The van der Waals surface area contributed by atoms with Crippen LogP contribution in [0.4, 0.5) is 0 Å². The fraction of sp³-hybridized carbons (Fsp3) is 0.333. The van der Waals surface area contributed by atoms with Crippen LogP contribution in [0.15, 0.2) is 48.5 Å². The van der Waals surface area contributed by atoms with Gasteiger partial charge < -0.3 is 14.8 Å². The molecule has 5 heteroatoms. The number of rotatable bonds is 8. The molecule has 5 nitrogen and oxygen atoms in total. The van der Waals surface area contributed by atoms with Crippen molar-refractivity contribution < 1.29 is 19.1 Å². The minimum atomic E-state index is -0.454. The van der Waals surface area contributed by atoms with Crippen LogP contribution in [0, 0.1) is 13.8 Å². The van der Waals surface area contributed by atoms with Gasteiger partial charge in [0, 0.05) is 0 Å². The molecule has 2 rings (SSSR count). The van der Waals surface area contributed by atoms with E-state index in [0.717, 1.165) is 16.7 Å². The summed E-state index contributed by atoms with van der Waals surface area (Å²) in [5, 5.41) is 2.86. The zero-order valence-corrected chi connectivity index (χ0v) is 15.5. The normalized spacial score (nSPS) is 11.5. The van der Waals surface area contributed by atoms with Crippen LogP contribution in [0.25, 0.3) is 0 Å². The minimum absolute atomic E-state index is 0.0765. The molecule has 0 aromatic heterocycles. The molecular weight excluding hydrogens is 330 g/mol. The Kier molecular flexibility index (Phi) is 7.21. The third-order valence-corrected chi connectivity index (χ3v) is 3.92. The number of nitrogens with one attached hydrogen (secondary N) is 1. The van der Waals surface area contributed by atoms with Crippen LogP contribution in [-0.2, 0) is 14.3 Å². The molecule has 0 fully saturated rings. The fourth-order valence-electron chi connectivity index (χ4n) is 2.57. The van der Waals surface area contributed by atoms with Gasteiger partial charge >= 0.3 is 5.97 Å². The number of hydrogen-bond donors (Lipinski definition) is 1. The first-order valence-electron chi connectivity index (χ1n) is 8.69. The summed E-state index contributed by atoms with van der Waals surface area (Å²) in [6.07, 6.45) is 0.0765. The van der Waals surface area contributed by atoms with Crippen molar-refractivity contribution in [3.63, 3.8) is 0 Å². The molecule has 0 heterocycles. The summed E-state index contributed by atoms with van der Waals surface area (Å²) in [6.45, 7) is 5.85. The summed E-state index contributed by atoms with van der Waals surface area (Å²) in [5.41, 5.74) is 2.88. The summed E-state index contributed by atoms with van der Waals surface area (Å²) in [5.74, 6) is 0.0444. The van der Waals surface area contributed by atoms with Crippen LogP contribution in [0.2, 0.25) is 0 Å². The SMILES string of the molecule is CCOC(=O)CC(NC(=O)COc1cc(C)ccc1C)c1ccccc1. The highest BCUT2D eigenvalue weighted by atomic mass is 16.5. The molecule has 0 saturated heterocycles. The highest BCUT2D eigenvalue weighted by Gasteiger charge is 2.19. The van der Waals surface area contributed by atoms with Crippen LogP contribution < -0.4 is 10.1 Å². The number of aryl methyl sites for hydroxylation is 2. The average Bonchev–Trinajstić information content (AvgIpc) is 2.63. The molecule has 0 radical (unpaired) electrons. The number of carbonyl (C=O) groups is 2. The Morgan fingerprint density at radius 3 is 2.50 bits per heavy atom. The predicted molar refractivity (Wildman–Crippen MR) is 100.0 cm³/mol. The zero-order valence-electron chi connectivity index (χ0n) is 15.5. The second-order valence-corrected chi connectivity index (χ2v) is 6.10. The van der Waals surface area contributed by atoms with Crippen LogP contribution in [0.5, 0.6) is 5.75 Å². The topological polar surface area (TPSA) is 64.6 Å². The highest BCUT2D eigenvalue weighted by Crippen LogP contribution is 2.20. The molecule has 1 N–H and O–H groups in total. The number of benzene rings is 2. The third-order valence-electron chi connectivity index (χ3n) is 3.92. The van der Waals surface area contributed by atoms with E-state index in [1.807, 2.05) is 62.4 Å². The van der Waals surface area contributed by atoms with Crippen molar-refractivity contribution in [2.45, 2.75) is 33.2 Å². The van der Waals surface area contributed by atoms with Gasteiger partial charge in [0.05, 0.1) is 19.1 Å². The van der Waals surface area contributed by atoms with Crippen LogP contribution >= 0.6 is 0 Å². The van der Waals surface area contributed by atoms with Crippen molar-refractivity contribution in [1.82, 2.24) is 5.32 Å². The van der Waals surface area contributed by atoms with Gasteiger partial charge in [0.2, 0.25) is 0 Å². The number of hydrogen-bond acceptors (Lipinski definition) is 4. The summed E-state index contributed by atoms with van der Waals surface area (Å²) in [6, 6.07) is 14.8. The smallest absolute Gasteiger partial charge is 0.308 e. The summed E-state index contributed by atoms with van der Waals surface area (Å²) in [4.78, 5) is 24.2. The van der Waals surface area contributed by atoms with Gasteiger partial charge in [-0.3, -0.25) is 9.59 Å². The zero-order chi connectivity index (χ0) is 18.9. The minimum Gasteiger partial charge on any atom is -0.483 e. The van der Waals surface area contributed by atoms with Gasteiger partial charge in [-0.05, 0) is 43.5 Å². The maximum atomic E-state index is 12.3. The molecule has 0 aliphatic rings. The summed E-state index contributed by atoms with van der Waals surface area (Å²) < 4.78 is 10.7. The largest absolute Gasteiger partial charge is 0.483 e.